The van der Waals surface area contributed by atoms with Gasteiger partial charge >= 0.3 is 6.01 Å². The summed E-state index contributed by atoms with van der Waals surface area (Å²) < 4.78 is 6.88. The molecule has 3 heterocycles. The number of fused-ring (bicyclic) bond motifs is 1. The lowest BCUT2D eigenvalue weighted by Gasteiger charge is -2.05. The summed E-state index contributed by atoms with van der Waals surface area (Å²) in [5.74, 6) is 1.01. The molecule has 4 aromatic rings. The second kappa shape index (κ2) is 5.37. The van der Waals surface area contributed by atoms with Crippen LogP contribution in [-0.2, 0) is 6.54 Å². The standard InChI is InChI=1S/C14H12N8O/c15-14-21-20-11(23-14)7-16-12-10-6-19-22(13(10)18-8-17-12)9-4-2-1-3-5-9/h1-6,8H,7H2,(H2,15,21)(H,16,17,18). The van der Waals surface area contributed by atoms with Crippen molar-refractivity contribution in [3.05, 3.63) is 48.7 Å². The fourth-order valence-electron chi connectivity index (χ4n) is 2.24. The second-order valence-corrected chi connectivity index (χ2v) is 4.74. The van der Waals surface area contributed by atoms with Crippen molar-refractivity contribution in [2.24, 2.45) is 0 Å². The maximum atomic E-state index is 5.40. The number of aromatic nitrogens is 6. The molecule has 0 aliphatic rings. The zero-order valence-corrected chi connectivity index (χ0v) is 11.9. The van der Waals surface area contributed by atoms with E-state index < -0.39 is 0 Å². The van der Waals surface area contributed by atoms with E-state index in [2.05, 4.69) is 30.6 Å². The van der Waals surface area contributed by atoms with Crippen molar-refractivity contribution < 1.29 is 4.42 Å². The molecule has 0 aliphatic carbocycles. The molecule has 0 amide bonds. The third-order valence-corrected chi connectivity index (χ3v) is 3.26. The molecule has 0 spiro atoms. The van der Waals surface area contributed by atoms with Crippen LogP contribution in [0.3, 0.4) is 0 Å². The summed E-state index contributed by atoms with van der Waals surface area (Å²) in [6.45, 7) is 0.312. The van der Waals surface area contributed by atoms with Crippen molar-refractivity contribution >= 4 is 22.9 Å². The van der Waals surface area contributed by atoms with Gasteiger partial charge in [0.05, 0.1) is 23.8 Å². The number of nitrogens with one attached hydrogen (secondary N) is 1. The van der Waals surface area contributed by atoms with E-state index >= 15 is 0 Å². The summed E-state index contributed by atoms with van der Waals surface area (Å²) in [6, 6.07) is 9.80. The molecule has 0 fully saturated rings. The number of anilines is 2. The van der Waals surface area contributed by atoms with Crippen molar-refractivity contribution in [3.8, 4) is 5.69 Å². The summed E-state index contributed by atoms with van der Waals surface area (Å²) in [5, 5.41) is 15.7. The van der Waals surface area contributed by atoms with E-state index in [4.69, 9.17) is 10.2 Å². The summed E-state index contributed by atoms with van der Waals surface area (Å²) in [7, 11) is 0. The van der Waals surface area contributed by atoms with Gasteiger partial charge in [0.25, 0.3) is 0 Å². The van der Waals surface area contributed by atoms with Crippen molar-refractivity contribution in [1.82, 2.24) is 29.9 Å². The second-order valence-electron chi connectivity index (χ2n) is 4.74. The molecule has 4 rings (SSSR count). The molecule has 0 saturated carbocycles. The average Bonchev–Trinajstić information content (AvgIpc) is 3.20. The van der Waals surface area contributed by atoms with Gasteiger partial charge in [-0.05, 0) is 12.1 Å². The van der Waals surface area contributed by atoms with Crippen molar-refractivity contribution in [2.75, 3.05) is 11.1 Å². The van der Waals surface area contributed by atoms with Gasteiger partial charge in [-0.15, -0.1) is 5.10 Å². The lowest BCUT2D eigenvalue weighted by Crippen LogP contribution is -2.03. The third kappa shape index (κ3) is 2.44. The number of hydrogen-bond donors (Lipinski definition) is 2. The van der Waals surface area contributed by atoms with E-state index in [9.17, 15) is 0 Å². The maximum absolute atomic E-state index is 5.40. The van der Waals surface area contributed by atoms with Crippen molar-refractivity contribution in [2.45, 2.75) is 6.54 Å². The van der Waals surface area contributed by atoms with Gasteiger partial charge in [-0.2, -0.15) is 5.10 Å². The summed E-state index contributed by atoms with van der Waals surface area (Å²) in [5.41, 5.74) is 7.03. The Hall–Kier alpha value is -3.49. The minimum Gasteiger partial charge on any atom is -0.406 e. The van der Waals surface area contributed by atoms with Crippen LogP contribution in [0.15, 0.2) is 47.3 Å². The summed E-state index contributed by atoms with van der Waals surface area (Å²) in [6.07, 6.45) is 3.20. The van der Waals surface area contributed by atoms with Crippen LogP contribution >= 0.6 is 0 Å². The van der Waals surface area contributed by atoms with Gasteiger partial charge in [0.2, 0.25) is 5.89 Å². The molecule has 9 heteroatoms. The van der Waals surface area contributed by atoms with Crippen LogP contribution in [0.1, 0.15) is 5.89 Å². The normalized spacial score (nSPS) is 11.0. The first-order valence-electron chi connectivity index (χ1n) is 6.87. The number of nitrogens with two attached hydrogens (primary N) is 1. The minimum absolute atomic E-state index is 0.0338. The first-order valence-corrected chi connectivity index (χ1v) is 6.87. The molecule has 114 valence electrons. The zero-order chi connectivity index (χ0) is 15.6. The van der Waals surface area contributed by atoms with Crippen LogP contribution in [0.5, 0.6) is 0 Å². The predicted molar refractivity (Wildman–Crippen MR) is 82.7 cm³/mol. The van der Waals surface area contributed by atoms with Crippen LogP contribution in [0, 0.1) is 0 Å². The molecule has 3 aromatic heterocycles. The molecule has 1 aromatic carbocycles. The molecular formula is C14H12N8O. The van der Waals surface area contributed by atoms with Gasteiger partial charge in [-0.3, -0.25) is 0 Å². The number of para-hydroxylation sites is 1. The lowest BCUT2D eigenvalue weighted by atomic mass is 10.3. The first-order chi connectivity index (χ1) is 11.3. The van der Waals surface area contributed by atoms with E-state index in [0.717, 1.165) is 11.1 Å². The Bertz CT molecular complexity index is 946. The minimum atomic E-state index is 0.0338. The van der Waals surface area contributed by atoms with Crippen LogP contribution in [0.2, 0.25) is 0 Å². The Morgan fingerprint density at radius 2 is 2.00 bits per heavy atom. The molecule has 23 heavy (non-hydrogen) atoms. The molecule has 0 saturated heterocycles. The van der Waals surface area contributed by atoms with E-state index in [1.165, 1.54) is 6.33 Å². The molecule has 3 N–H and O–H groups in total. The number of benzene rings is 1. The highest BCUT2D eigenvalue weighted by Gasteiger charge is 2.11. The highest BCUT2D eigenvalue weighted by atomic mass is 16.4. The van der Waals surface area contributed by atoms with Gasteiger partial charge in [0.1, 0.15) is 12.1 Å². The van der Waals surface area contributed by atoms with Gasteiger partial charge in [0.15, 0.2) is 5.65 Å². The SMILES string of the molecule is Nc1nnc(CNc2ncnc3c2cnn3-c2ccccc2)o1. The maximum Gasteiger partial charge on any atom is 0.312 e. The lowest BCUT2D eigenvalue weighted by molar-refractivity contribution is 0.519. The van der Waals surface area contributed by atoms with Crippen LogP contribution in [0.4, 0.5) is 11.8 Å². The number of nitrogen functional groups attached to an aromatic ring is 1. The fourth-order valence-corrected chi connectivity index (χ4v) is 2.24. The smallest absolute Gasteiger partial charge is 0.312 e. The average molecular weight is 308 g/mol. The Morgan fingerprint density at radius 3 is 2.78 bits per heavy atom. The Kier molecular flexibility index (Phi) is 3.08. The molecule has 0 aliphatic heterocycles. The molecule has 0 bridgehead atoms. The Morgan fingerprint density at radius 1 is 1.13 bits per heavy atom. The number of nitrogens with zero attached hydrogens (tertiary/aromatic N) is 6. The number of hydrogen-bond acceptors (Lipinski definition) is 8. The van der Waals surface area contributed by atoms with E-state index in [1.807, 2.05) is 30.3 Å². The highest BCUT2D eigenvalue weighted by molar-refractivity contribution is 5.87. The summed E-state index contributed by atoms with van der Waals surface area (Å²) in [4.78, 5) is 8.55. The Balaban J connectivity index is 1.67. The number of rotatable bonds is 4. The first kappa shape index (κ1) is 13.2. The van der Waals surface area contributed by atoms with Gasteiger partial charge < -0.3 is 15.5 Å². The van der Waals surface area contributed by atoms with Crippen LogP contribution in [-0.4, -0.2) is 29.9 Å². The van der Waals surface area contributed by atoms with E-state index in [0.29, 0.717) is 23.9 Å². The fraction of sp³-hybridized carbons (Fsp3) is 0.0714. The molecule has 0 unspecified atom stereocenters. The monoisotopic (exact) mass is 308 g/mol. The Labute approximate surface area is 130 Å². The van der Waals surface area contributed by atoms with Crippen LogP contribution in [0.25, 0.3) is 16.7 Å². The van der Waals surface area contributed by atoms with E-state index in [-0.39, 0.29) is 6.01 Å². The predicted octanol–water partition coefficient (Wildman–Crippen LogP) is 1.39. The quantitative estimate of drug-likeness (QED) is 0.580. The summed E-state index contributed by atoms with van der Waals surface area (Å²) >= 11 is 0. The molecule has 0 radical (unpaired) electrons. The van der Waals surface area contributed by atoms with Crippen molar-refractivity contribution in [1.29, 1.82) is 0 Å². The molecule has 9 nitrogen and oxygen atoms in total. The highest BCUT2D eigenvalue weighted by Crippen LogP contribution is 2.21. The zero-order valence-electron chi connectivity index (χ0n) is 11.9. The van der Waals surface area contributed by atoms with Gasteiger partial charge in [-0.1, -0.05) is 23.3 Å². The van der Waals surface area contributed by atoms with Crippen LogP contribution < -0.4 is 11.1 Å². The largest absolute Gasteiger partial charge is 0.406 e. The topological polar surface area (TPSA) is 121 Å². The van der Waals surface area contributed by atoms with Crippen molar-refractivity contribution in [3.63, 3.8) is 0 Å². The van der Waals surface area contributed by atoms with Gasteiger partial charge in [-0.25, -0.2) is 14.6 Å². The molecular weight excluding hydrogens is 296 g/mol. The van der Waals surface area contributed by atoms with Gasteiger partial charge in [0, 0.05) is 0 Å². The third-order valence-electron chi connectivity index (χ3n) is 3.26. The van der Waals surface area contributed by atoms with E-state index in [1.54, 1.807) is 10.9 Å². The molecule has 0 atom stereocenters.